The van der Waals surface area contributed by atoms with E-state index in [1.165, 1.54) is 17.7 Å². The first-order valence-corrected chi connectivity index (χ1v) is 6.91. The molecule has 0 aliphatic heterocycles. The quantitative estimate of drug-likeness (QED) is 0.690. The molecule has 0 aliphatic rings. The summed E-state index contributed by atoms with van der Waals surface area (Å²) in [6.45, 7) is 4.58. The van der Waals surface area contributed by atoms with E-state index in [-0.39, 0.29) is 0 Å². The summed E-state index contributed by atoms with van der Waals surface area (Å²) in [5.74, 6) is 0. The minimum Gasteiger partial charge on any atom is -0.306 e. The van der Waals surface area contributed by atoms with Crippen molar-refractivity contribution in [2.75, 3.05) is 14.1 Å². The van der Waals surface area contributed by atoms with Crippen molar-refractivity contribution in [1.82, 2.24) is 4.90 Å². The Labute approximate surface area is 104 Å². The fourth-order valence-electron chi connectivity index (χ4n) is 1.69. The molecule has 0 radical (unpaired) electrons. The van der Waals surface area contributed by atoms with Gasteiger partial charge in [0.05, 0.1) is 0 Å². The van der Waals surface area contributed by atoms with Crippen LogP contribution in [0.15, 0.2) is 35.2 Å². The summed E-state index contributed by atoms with van der Waals surface area (Å²) < 4.78 is 0. The molecule has 0 bridgehead atoms. The minimum atomic E-state index is 0.616. The molecule has 0 aliphatic carbocycles. The number of hydrogen-bond acceptors (Lipinski definition) is 2. The van der Waals surface area contributed by atoms with Crippen molar-refractivity contribution in [2.45, 2.75) is 42.9 Å². The highest BCUT2D eigenvalue weighted by molar-refractivity contribution is 8.00. The summed E-state index contributed by atoms with van der Waals surface area (Å²) in [6.07, 6.45) is 2.53. The summed E-state index contributed by atoms with van der Waals surface area (Å²) in [5.41, 5.74) is 0. The second kappa shape index (κ2) is 6.97. The van der Waals surface area contributed by atoms with Gasteiger partial charge in [-0.1, -0.05) is 31.5 Å². The number of rotatable bonds is 6. The number of benzene rings is 1. The van der Waals surface area contributed by atoms with Gasteiger partial charge in [-0.15, -0.1) is 11.8 Å². The van der Waals surface area contributed by atoms with E-state index in [9.17, 15) is 0 Å². The fraction of sp³-hybridized carbons (Fsp3) is 0.571. The zero-order valence-electron chi connectivity index (χ0n) is 10.8. The Morgan fingerprint density at radius 2 is 1.81 bits per heavy atom. The Balaban J connectivity index is 2.64. The molecule has 0 saturated carbocycles. The van der Waals surface area contributed by atoms with Crippen molar-refractivity contribution >= 4 is 11.8 Å². The summed E-state index contributed by atoms with van der Waals surface area (Å²) in [4.78, 5) is 3.70. The topological polar surface area (TPSA) is 3.24 Å². The molecule has 0 saturated heterocycles. The van der Waals surface area contributed by atoms with Crippen LogP contribution >= 0.6 is 11.8 Å². The maximum Gasteiger partial charge on any atom is 0.0247 e. The van der Waals surface area contributed by atoms with Gasteiger partial charge in [0, 0.05) is 16.2 Å². The van der Waals surface area contributed by atoms with E-state index >= 15 is 0 Å². The predicted molar refractivity (Wildman–Crippen MR) is 74.1 cm³/mol. The molecule has 0 aromatic heterocycles. The van der Waals surface area contributed by atoms with E-state index in [4.69, 9.17) is 0 Å². The molecule has 0 N–H and O–H groups in total. The second-order valence-corrected chi connectivity index (χ2v) is 5.77. The largest absolute Gasteiger partial charge is 0.306 e. The lowest BCUT2D eigenvalue weighted by Crippen LogP contribution is -2.34. The van der Waals surface area contributed by atoms with E-state index in [1.807, 2.05) is 11.8 Å². The van der Waals surface area contributed by atoms with E-state index in [0.29, 0.717) is 11.3 Å². The summed E-state index contributed by atoms with van der Waals surface area (Å²) >= 11 is 2.01. The van der Waals surface area contributed by atoms with Gasteiger partial charge in [0.2, 0.25) is 0 Å². The second-order valence-electron chi connectivity index (χ2n) is 4.46. The van der Waals surface area contributed by atoms with Crippen LogP contribution in [0.4, 0.5) is 0 Å². The summed E-state index contributed by atoms with van der Waals surface area (Å²) in [6, 6.07) is 11.3. The number of nitrogens with zero attached hydrogens (tertiary/aromatic N) is 1. The Bertz CT molecular complexity index is 284. The van der Waals surface area contributed by atoms with Crippen LogP contribution in [0, 0.1) is 0 Å². The zero-order chi connectivity index (χ0) is 12.0. The van der Waals surface area contributed by atoms with Gasteiger partial charge >= 0.3 is 0 Å². The normalized spacial score (nSPS) is 15.1. The van der Waals surface area contributed by atoms with Gasteiger partial charge in [-0.3, -0.25) is 0 Å². The average Bonchev–Trinajstić information content (AvgIpc) is 2.29. The molecule has 1 unspecified atom stereocenters. The van der Waals surface area contributed by atoms with Crippen molar-refractivity contribution in [3.63, 3.8) is 0 Å². The van der Waals surface area contributed by atoms with E-state index in [2.05, 4.69) is 63.2 Å². The molecule has 0 amide bonds. The van der Waals surface area contributed by atoms with Crippen LogP contribution in [0.3, 0.4) is 0 Å². The first kappa shape index (κ1) is 13.6. The van der Waals surface area contributed by atoms with Gasteiger partial charge in [-0.05, 0) is 39.6 Å². The molecule has 1 rings (SSSR count). The lowest BCUT2D eigenvalue weighted by molar-refractivity contribution is 0.300. The molecule has 1 aromatic carbocycles. The molecule has 2 atom stereocenters. The summed E-state index contributed by atoms with van der Waals surface area (Å²) in [5, 5.41) is 0.683. The van der Waals surface area contributed by atoms with Crippen LogP contribution in [0.2, 0.25) is 0 Å². The molecule has 0 heterocycles. The van der Waals surface area contributed by atoms with E-state index in [0.717, 1.165) is 0 Å². The van der Waals surface area contributed by atoms with Gasteiger partial charge < -0.3 is 4.90 Å². The molecule has 0 fully saturated rings. The van der Waals surface area contributed by atoms with Crippen molar-refractivity contribution in [3.05, 3.63) is 30.3 Å². The third kappa shape index (κ3) is 4.18. The molecule has 90 valence electrons. The maximum atomic E-state index is 2.32. The van der Waals surface area contributed by atoms with Crippen molar-refractivity contribution in [1.29, 1.82) is 0 Å². The molecule has 2 heteroatoms. The third-order valence-electron chi connectivity index (χ3n) is 2.96. The van der Waals surface area contributed by atoms with Gasteiger partial charge in [-0.25, -0.2) is 0 Å². The molecule has 1 aromatic rings. The highest BCUT2D eigenvalue weighted by Crippen LogP contribution is 2.29. The SMILES string of the molecule is CCCC(Sc1ccccc1)[C@H](C)N(C)C. The highest BCUT2D eigenvalue weighted by Gasteiger charge is 2.19. The van der Waals surface area contributed by atoms with Crippen molar-refractivity contribution < 1.29 is 0 Å². The summed E-state index contributed by atoms with van der Waals surface area (Å²) in [7, 11) is 4.33. The Hall–Kier alpha value is -0.470. The lowest BCUT2D eigenvalue weighted by atomic mass is 10.1. The molecular weight excluding hydrogens is 214 g/mol. The Kier molecular flexibility index (Phi) is 5.93. The van der Waals surface area contributed by atoms with Crippen LogP contribution in [-0.2, 0) is 0 Å². The maximum absolute atomic E-state index is 2.32. The molecule has 16 heavy (non-hydrogen) atoms. The smallest absolute Gasteiger partial charge is 0.0247 e. The predicted octanol–water partition coefficient (Wildman–Crippen LogP) is 3.90. The van der Waals surface area contributed by atoms with Crippen molar-refractivity contribution in [3.8, 4) is 0 Å². The fourth-order valence-corrected chi connectivity index (χ4v) is 3.15. The zero-order valence-corrected chi connectivity index (χ0v) is 11.6. The van der Waals surface area contributed by atoms with Crippen LogP contribution < -0.4 is 0 Å². The van der Waals surface area contributed by atoms with Gasteiger partial charge in [0.25, 0.3) is 0 Å². The van der Waals surface area contributed by atoms with Crippen molar-refractivity contribution in [2.24, 2.45) is 0 Å². The molecular formula is C14H23NS. The molecule has 1 nitrogen and oxygen atoms in total. The Morgan fingerprint density at radius 1 is 1.19 bits per heavy atom. The number of hydrogen-bond donors (Lipinski definition) is 0. The van der Waals surface area contributed by atoms with Crippen LogP contribution in [-0.4, -0.2) is 30.3 Å². The average molecular weight is 237 g/mol. The number of thioether (sulfide) groups is 1. The van der Waals surface area contributed by atoms with Gasteiger partial charge in [-0.2, -0.15) is 0 Å². The first-order chi connectivity index (χ1) is 7.65. The van der Waals surface area contributed by atoms with E-state index in [1.54, 1.807) is 0 Å². The third-order valence-corrected chi connectivity index (χ3v) is 4.43. The van der Waals surface area contributed by atoms with Gasteiger partial charge in [0.1, 0.15) is 0 Å². The van der Waals surface area contributed by atoms with Crippen LogP contribution in [0.5, 0.6) is 0 Å². The van der Waals surface area contributed by atoms with E-state index < -0.39 is 0 Å². The monoisotopic (exact) mass is 237 g/mol. The Morgan fingerprint density at radius 3 is 2.31 bits per heavy atom. The van der Waals surface area contributed by atoms with Gasteiger partial charge in [0.15, 0.2) is 0 Å². The lowest BCUT2D eigenvalue weighted by Gasteiger charge is -2.28. The molecule has 0 spiro atoms. The minimum absolute atomic E-state index is 0.616. The standard InChI is InChI=1S/C14H23NS/c1-5-9-14(12(2)15(3)4)16-13-10-7-6-8-11-13/h6-8,10-12,14H,5,9H2,1-4H3/t12-,14?/m0/s1. The van der Waals surface area contributed by atoms with Crippen LogP contribution in [0.1, 0.15) is 26.7 Å². The first-order valence-electron chi connectivity index (χ1n) is 6.03. The highest BCUT2D eigenvalue weighted by atomic mass is 32.2. The van der Waals surface area contributed by atoms with Crippen LogP contribution in [0.25, 0.3) is 0 Å².